The molecule has 0 fully saturated rings. The number of rotatable bonds is 1. The van der Waals surface area contributed by atoms with E-state index in [-0.39, 0.29) is 0 Å². The smallest absolute Gasteiger partial charge is 0.146 e. The topological polar surface area (TPSA) is 48.0 Å². The molecule has 5 aromatic heterocycles. The highest BCUT2D eigenvalue weighted by Gasteiger charge is 2.25. The van der Waals surface area contributed by atoms with Crippen LogP contribution in [-0.2, 0) is 6.42 Å². The maximum atomic E-state index is 5.10. The predicted molar refractivity (Wildman–Crippen MR) is 166 cm³/mol. The zero-order chi connectivity index (χ0) is 26.7. The Morgan fingerprint density at radius 1 is 0.610 bits per heavy atom. The quantitative estimate of drug-likeness (QED) is 0.204. The van der Waals surface area contributed by atoms with Gasteiger partial charge in [0.05, 0.1) is 33.8 Å². The van der Waals surface area contributed by atoms with Crippen LogP contribution in [0, 0.1) is 0 Å². The van der Waals surface area contributed by atoms with E-state index in [0.29, 0.717) is 0 Å². The molecular weight excluding hydrogens is 502 g/mol. The summed E-state index contributed by atoms with van der Waals surface area (Å²) in [7, 11) is 0. The van der Waals surface area contributed by atoms with Gasteiger partial charge in [0, 0.05) is 39.6 Å². The van der Waals surface area contributed by atoms with E-state index >= 15 is 0 Å². The molecule has 4 aromatic carbocycles. The van der Waals surface area contributed by atoms with Crippen LogP contribution < -0.4 is 0 Å². The van der Waals surface area contributed by atoms with Crippen molar-refractivity contribution in [2.75, 3.05) is 0 Å². The van der Waals surface area contributed by atoms with Crippen LogP contribution in [0.1, 0.15) is 11.1 Å². The first-order valence-corrected chi connectivity index (χ1v) is 13.9. The molecule has 0 unspecified atom stereocenters. The molecule has 1 aliphatic rings. The van der Waals surface area contributed by atoms with Gasteiger partial charge in [-0.3, -0.25) is 14.4 Å². The fourth-order valence-corrected chi connectivity index (χ4v) is 7.15. The van der Waals surface area contributed by atoms with Crippen molar-refractivity contribution in [3.05, 3.63) is 127 Å². The molecule has 0 radical (unpaired) electrons. The summed E-state index contributed by atoms with van der Waals surface area (Å²) in [5, 5.41) is 4.70. The average Bonchev–Trinajstić information content (AvgIpc) is 3.69. The second-order valence-corrected chi connectivity index (χ2v) is 10.9. The third-order valence-electron chi connectivity index (χ3n) is 8.82. The van der Waals surface area contributed by atoms with Crippen molar-refractivity contribution in [2.24, 2.45) is 0 Å². The molecule has 10 rings (SSSR count). The van der Waals surface area contributed by atoms with Crippen LogP contribution in [0.5, 0.6) is 0 Å². The average molecular weight is 524 g/mol. The van der Waals surface area contributed by atoms with Gasteiger partial charge in [-0.1, -0.05) is 42.5 Å². The van der Waals surface area contributed by atoms with Gasteiger partial charge in [0.25, 0.3) is 0 Å². The molecule has 5 heteroatoms. The van der Waals surface area contributed by atoms with Crippen LogP contribution in [0.3, 0.4) is 0 Å². The van der Waals surface area contributed by atoms with Gasteiger partial charge in [0.2, 0.25) is 0 Å². The summed E-state index contributed by atoms with van der Waals surface area (Å²) in [5.41, 5.74) is 13.8. The molecule has 1 aliphatic carbocycles. The van der Waals surface area contributed by atoms with Crippen molar-refractivity contribution in [2.45, 2.75) is 6.42 Å². The van der Waals surface area contributed by atoms with Crippen molar-refractivity contribution in [1.29, 1.82) is 0 Å². The number of hydrogen-bond donors (Lipinski definition) is 0. The fraction of sp³-hybridized carbons (Fsp3) is 0.0278. The Hall–Kier alpha value is -5.55. The minimum atomic E-state index is 0.882. The van der Waals surface area contributed by atoms with Gasteiger partial charge < -0.3 is 4.57 Å². The number of pyridine rings is 3. The molecular formula is C36H21N5. The van der Waals surface area contributed by atoms with E-state index in [1.165, 1.54) is 44.1 Å². The van der Waals surface area contributed by atoms with E-state index in [1.807, 2.05) is 30.7 Å². The van der Waals surface area contributed by atoms with Crippen molar-refractivity contribution in [1.82, 2.24) is 23.9 Å². The summed E-state index contributed by atoms with van der Waals surface area (Å²) < 4.78 is 4.65. The monoisotopic (exact) mass is 523 g/mol. The number of para-hydroxylation sites is 1. The molecule has 9 aromatic rings. The summed E-state index contributed by atoms with van der Waals surface area (Å²) in [6.07, 6.45) is 6.53. The molecule has 5 nitrogen and oxygen atoms in total. The molecule has 0 amide bonds. The van der Waals surface area contributed by atoms with Crippen LogP contribution in [-0.4, -0.2) is 23.9 Å². The summed E-state index contributed by atoms with van der Waals surface area (Å²) in [6, 6.07) is 35.0. The van der Waals surface area contributed by atoms with Crippen LogP contribution in [0.25, 0.3) is 77.1 Å². The molecule has 0 N–H and O–H groups in total. The number of aromatic nitrogens is 5. The fourth-order valence-electron chi connectivity index (χ4n) is 7.15. The number of imidazole rings is 1. The Morgan fingerprint density at radius 2 is 1.51 bits per heavy atom. The summed E-state index contributed by atoms with van der Waals surface area (Å²) in [6.45, 7) is 0. The molecule has 190 valence electrons. The van der Waals surface area contributed by atoms with Gasteiger partial charge in [-0.05, 0) is 83.3 Å². The number of fused-ring (bicyclic) bond motifs is 15. The van der Waals surface area contributed by atoms with Gasteiger partial charge >= 0.3 is 0 Å². The van der Waals surface area contributed by atoms with Crippen molar-refractivity contribution < 1.29 is 0 Å². The lowest BCUT2D eigenvalue weighted by Gasteiger charge is -2.11. The van der Waals surface area contributed by atoms with E-state index in [2.05, 4.69) is 98.9 Å². The molecule has 41 heavy (non-hydrogen) atoms. The summed E-state index contributed by atoms with van der Waals surface area (Å²) in [5.74, 6) is 0. The van der Waals surface area contributed by atoms with Gasteiger partial charge in [-0.2, -0.15) is 0 Å². The normalized spacial score (nSPS) is 12.8. The third kappa shape index (κ3) is 2.68. The molecule has 0 spiro atoms. The Morgan fingerprint density at radius 3 is 2.46 bits per heavy atom. The lowest BCUT2D eigenvalue weighted by Crippen LogP contribution is -1.95. The zero-order valence-electron chi connectivity index (χ0n) is 21.9. The third-order valence-corrected chi connectivity index (χ3v) is 8.82. The highest BCUT2D eigenvalue weighted by molar-refractivity contribution is 6.30. The van der Waals surface area contributed by atoms with E-state index in [0.717, 1.165) is 50.6 Å². The van der Waals surface area contributed by atoms with Gasteiger partial charge in [0.1, 0.15) is 11.2 Å². The Balaban J connectivity index is 1.47. The van der Waals surface area contributed by atoms with E-state index in [9.17, 15) is 0 Å². The van der Waals surface area contributed by atoms with E-state index in [4.69, 9.17) is 9.97 Å². The van der Waals surface area contributed by atoms with Crippen LogP contribution in [0.2, 0.25) is 0 Å². The molecule has 0 bridgehead atoms. The first-order valence-electron chi connectivity index (χ1n) is 13.9. The largest absolute Gasteiger partial charge is 0.309 e. The predicted octanol–water partition coefficient (Wildman–Crippen LogP) is 8.25. The first kappa shape index (κ1) is 21.3. The Kier molecular flexibility index (Phi) is 3.92. The lowest BCUT2D eigenvalue weighted by molar-refractivity contribution is 1.18. The van der Waals surface area contributed by atoms with E-state index < -0.39 is 0 Å². The minimum absolute atomic E-state index is 0.882. The summed E-state index contributed by atoms with van der Waals surface area (Å²) in [4.78, 5) is 14.5. The van der Waals surface area contributed by atoms with E-state index in [1.54, 1.807) is 0 Å². The highest BCUT2D eigenvalue weighted by Crippen LogP contribution is 2.45. The molecule has 5 heterocycles. The zero-order valence-corrected chi connectivity index (χ0v) is 21.9. The number of hydrogen-bond acceptors (Lipinski definition) is 3. The van der Waals surface area contributed by atoms with Crippen LogP contribution in [0.15, 0.2) is 116 Å². The molecule has 0 saturated heterocycles. The summed E-state index contributed by atoms with van der Waals surface area (Å²) >= 11 is 0. The number of nitrogens with zero attached hydrogens (tertiary/aromatic N) is 5. The number of benzene rings is 4. The second-order valence-electron chi connectivity index (χ2n) is 10.9. The Bertz CT molecular complexity index is 2550. The van der Waals surface area contributed by atoms with Crippen LogP contribution >= 0.6 is 0 Å². The standard InChI is InChI=1S/C36H21N5/c1-2-8-23(9-3-1)40-30-13-12-25-34(33(30)27-18-22-17-21-7-4-5-10-24(21)26(22)19-32(27)40)35-31(11-6-15-38-35)41-29-14-16-37-20-28(29)39-36(25)41/h1-16,18-20H,17H2. The van der Waals surface area contributed by atoms with Crippen molar-refractivity contribution >= 4 is 60.3 Å². The SMILES string of the molecule is c1ccc(-n2c3cc4c(cc3c3c5c(ccc32)c2nc3cnccc3n2c2cccnc52)Cc2ccccc2-4)cc1. The highest BCUT2D eigenvalue weighted by atomic mass is 15.0. The molecule has 0 aliphatic heterocycles. The molecule has 0 saturated carbocycles. The maximum Gasteiger partial charge on any atom is 0.146 e. The van der Waals surface area contributed by atoms with Gasteiger partial charge in [0.15, 0.2) is 0 Å². The lowest BCUT2D eigenvalue weighted by atomic mass is 9.99. The van der Waals surface area contributed by atoms with Gasteiger partial charge in [-0.25, -0.2) is 4.98 Å². The second kappa shape index (κ2) is 7.55. The van der Waals surface area contributed by atoms with Gasteiger partial charge in [-0.15, -0.1) is 0 Å². The Labute approximate surface area is 234 Å². The van der Waals surface area contributed by atoms with Crippen molar-refractivity contribution in [3.8, 4) is 16.8 Å². The molecule has 0 atom stereocenters. The maximum absolute atomic E-state index is 5.10. The van der Waals surface area contributed by atoms with Crippen molar-refractivity contribution in [3.63, 3.8) is 0 Å². The first-order chi connectivity index (χ1) is 20.3. The minimum Gasteiger partial charge on any atom is -0.309 e. The van der Waals surface area contributed by atoms with Crippen LogP contribution in [0.4, 0.5) is 0 Å².